The number of rotatable bonds is 8. The van der Waals surface area contributed by atoms with Crippen LogP contribution in [0.25, 0.3) is 0 Å². The van der Waals surface area contributed by atoms with Crippen LogP contribution in [-0.2, 0) is 18.0 Å². The number of alkyl carbamates (subject to hydrolysis) is 1. The number of aliphatic hydroxyl groups is 1. The number of carbonyl (C=O) groups is 1. The highest BCUT2D eigenvalue weighted by Gasteiger charge is 2.11. The topological polar surface area (TPSA) is 67.8 Å². The summed E-state index contributed by atoms with van der Waals surface area (Å²) < 4.78 is 10.9. The zero-order valence-electron chi connectivity index (χ0n) is 15.5. The SMILES string of the molecule is O=C(NCC(O)c1cccc(OCc2ccccc2)c1)OCc1ccccc1. The fourth-order valence-corrected chi connectivity index (χ4v) is 2.62. The van der Waals surface area contributed by atoms with Gasteiger partial charge in [0.15, 0.2) is 0 Å². The molecule has 1 atom stereocenters. The molecule has 0 radical (unpaired) electrons. The molecule has 0 fully saturated rings. The molecule has 5 nitrogen and oxygen atoms in total. The molecule has 5 heteroatoms. The molecule has 3 rings (SSSR count). The third-order valence-corrected chi connectivity index (χ3v) is 4.14. The molecule has 0 aliphatic carbocycles. The molecular formula is C23H23NO4. The summed E-state index contributed by atoms with van der Waals surface area (Å²) in [6.07, 6.45) is -1.43. The quantitative estimate of drug-likeness (QED) is 0.617. The second kappa shape index (κ2) is 10.1. The molecule has 28 heavy (non-hydrogen) atoms. The Hall–Kier alpha value is -3.31. The van der Waals surface area contributed by atoms with Crippen molar-refractivity contribution >= 4 is 6.09 Å². The number of aliphatic hydroxyl groups excluding tert-OH is 1. The van der Waals surface area contributed by atoms with Crippen molar-refractivity contribution < 1.29 is 19.4 Å². The fraction of sp³-hybridized carbons (Fsp3) is 0.174. The van der Waals surface area contributed by atoms with E-state index in [0.717, 1.165) is 11.1 Å². The Labute approximate surface area is 164 Å². The molecule has 0 bridgehead atoms. The Morgan fingerprint density at radius 2 is 1.50 bits per heavy atom. The summed E-state index contributed by atoms with van der Waals surface area (Å²) in [5.41, 5.74) is 2.63. The molecular weight excluding hydrogens is 354 g/mol. The summed E-state index contributed by atoms with van der Waals surface area (Å²) in [5, 5.41) is 12.9. The minimum atomic E-state index is -0.857. The van der Waals surface area contributed by atoms with Gasteiger partial charge in [0.25, 0.3) is 0 Å². The van der Waals surface area contributed by atoms with E-state index in [0.29, 0.717) is 17.9 Å². The van der Waals surface area contributed by atoms with E-state index in [9.17, 15) is 9.90 Å². The molecule has 1 unspecified atom stereocenters. The molecule has 0 aliphatic rings. The van der Waals surface area contributed by atoms with Gasteiger partial charge >= 0.3 is 6.09 Å². The summed E-state index contributed by atoms with van der Waals surface area (Å²) in [6.45, 7) is 0.686. The summed E-state index contributed by atoms with van der Waals surface area (Å²) in [7, 11) is 0. The molecule has 3 aromatic rings. The van der Waals surface area contributed by atoms with E-state index in [-0.39, 0.29) is 13.2 Å². The van der Waals surface area contributed by atoms with Crippen LogP contribution in [0.1, 0.15) is 22.8 Å². The number of hydrogen-bond acceptors (Lipinski definition) is 4. The van der Waals surface area contributed by atoms with Crippen molar-refractivity contribution in [3.8, 4) is 5.75 Å². The van der Waals surface area contributed by atoms with Gasteiger partial charge in [-0.1, -0.05) is 72.8 Å². The number of benzene rings is 3. The van der Waals surface area contributed by atoms with Crippen molar-refractivity contribution in [3.05, 3.63) is 102 Å². The maximum Gasteiger partial charge on any atom is 0.407 e. The van der Waals surface area contributed by atoms with Crippen LogP contribution in [0.4, 0.5) is 4.79 Å². The summed E-state index contributed by atoms with van der Waals surface area (Å²) in [4.78, 5) is 11.8. The Balaban J connectivity index is 1.46. The summed E-state index contributed by atoms with van der Waals surface area (Å²) in [6, 6.07) is 26.5. The summed E-state index contributed by atoms with van der Waals surface area (Å²) >= 11 is 0. The van der Waals surface area contributed by atoms with Crippen molar-refractivity contribution in [2.24, 2.45) is 0 Å². The van der Waals surface area contributed by atoms with Crippen LogP contribution >= 0.6 is 0 Å². The molecule has 0 aromatic heterocycles. The van der Waals surface area contributed by atoms with Crippen LogP contribution in [0.5, 0.6) is 5.75 Å². The van der Waals surface area contributed by atoms with Crippen molar-refractivity contribution in [2.75, 3.05) is 6.54 Å². The number of ether oxygens (including phenoxy) is 2. The van der Waals surface area contributed by atoms with Crippen molar-refractivity contribution in [3.63, 3.8) is 0 Å². The molecule has 1 amide bonds. The molecule has 0 saturated heterocycles. The first-order valence-corrected chi connectivity index (χ1v) is 9.10. The van der Waals surface area contributed by atoms with Gasteiger partial charge in [0.2, 0.25) is 0 Å². The van der Waals surface area contributed by atoms with Crippen molar-refractivity contribution in [2.45, 2.75) is 19.3 Å². The highest BCUT2D eigenvalue weighted by Crippen LogP contribution is 2.20. The standard InChI is InChI=1S/C23H23NO4/c25-22(15-24-23(26)28-17-19-10-5-2-6-11-19)20-12-7-13-21(14-20)27-16-18-8-3-1-4-9-18/h1-14,22,25H,15-17H2,(H,24,26). The fourth-order valence-electron chi connectivity index (χ4n) is 2.62. The van der Waals surface area contributed by atoms with Crippen LogP contribution in [-0.4, -0.2) is 17.7 Å². The predicted octanol–water partition coefficient (Wildman–Crippen LogP) is 4.23. The lowest BCUT2D eigenvalue weighted by Crippen LogP contribution is -2.28. The highest BCUT2D eigenvalue weighted by atomic mass is 16.5. The minimum Gasteiger partial charge on any atom is -0.489 e. The van der Waals surface area contributed by atoms with E-state index in [1.54, 1.807) is 12.1 Å². The van der Waals surface area contributed by atoms with Gasteiger partial charge in [-0.2, -0.15) is 0 Å². The second-order valence-corrected chi connectivity index (χ2v) is 6.31. The first kappa shape index (κ1) is 19.5. The van der Waals surface area contributed by atoms with Crippen LogP contribution < -0.4 is 10.1 Å². The van der Waals surface area contributed by atoms with E-state index in [2.05, 4.69) is 5.32 Å². The van der Waals surface area contributed by atoms with Gasteiger partial charge in [-0.15, -0.1) is 0 Å². The number of nitrogens with one attached hydrogen (secondary N) is 1. The maximum absolute atomic E-state index is 11.8. The van der Waals surface area contributed by atoms with E-state index in [4.69, 9.17) is 9.47 Å². The zero-order chi connectivity index (χ0) is 19.6. The molecule has 0 heterocycles. The first-order chi connectivity index (χ1) is 13.7. The Bertz CT molecular complexity index is 868. The van der Waals surface area contributed by atoms with E-state index >= 15 is 0 Å². The third-order valence-electron chi connectivity index (χ3n) is 4.14. The molecule has 0 saturated carbocycles. The molecule has 3 aromatic carbocycles. The lowest BCUT2D eigenvalue weighted by molar-refractivity contribution is 0.126. The van der Waals surface area contributed by atoms with Gasteiger partial charge in [0.1, 0.15) is 19.0 Å². The van der Waals surface area contributed by atoms with Gasteiger partial charge in [-0.3, -0.25) is 0 Å². The van der Waals surface area contributed by atoms with E-state index < -0.39 is 12.2 Å². The predicted molar refractivity (Wildman–Crippen MR) is 107 cm³/mol. The first-order valence-electron chi connectivity index (χ1n) is 9.10. The molecule has 0 aliphatic heterocycles. The molecule has 2 N–H and O–H groups in total. The van der Waals surface area contributed by atoms with Gasteiger partial charge < -0.3 is 19.9 Å². The van der Waals surface area contributed by atoms with Crippen LogP contribution in [0.15, 0.2) is 84.9 Å². The lowest BCUT2D eigenvalue weighted by atomic mass is 10.1. The highest BCUT2D eigenvalue weighted by molar-refractivity contribution is 5.67. The Kier molecular flexibility index (Phi) is 7.04. The van der Waals surface area contributed by atoms with E-state index in [1.165, 1.54) is 0 Å². The largest absolute Gasteiger partial charge is 0.489 e. The van der Waals surface area contributed by atoms with Crippen molar-refractivity contribution in [1.29, 1.82) is 0 Å². The number of amides is 1. The normalized spacial score (nSPS) is 11.5. The Morgan fingerprint density at radius 3 is 2.18 bits per heavy atom. The minimum absolute atomic E-state index is 0.0514. The van der Waals surface area contributed by atoms with Crippen LogP contribution in [0.3, 0.4) is 0 Å². The maximum atomic E-state index is 11.8. The second-order valence-electron chi connectivity index (χ2n) is 6.31. The average molecular weight is 377 g/mol. The number of carbonyl (C=O) groups excluding carboxylic acids is 1. The van der Waals surface area contributed by atoms with E-state index in [1.807, 2.05) is 72.8 Å². The van der Waals surface area contributed by atoms with Gasteiger partial charge in [0.05, 0.1) is 12.6 Å². The smallest absolute Gasteiger partial charge is 0.407 e. The van der Waals surface area contributed by atoms with Crippen molar-refractivity contribution in [1.82, 2.24) is 5.32 Å². The van der Waals surface area contributed by atoms with Gasteiger partial charge in [-0.25, -0.2) is 4.79 Å². The third kappa shape index (κ3) is 6.14. The number of hydrogen-bond donors (Lipinski definition) is 2. The average Bonchev–Trinajstić information content (AvgIpc) is 2.76. The van der Waals surface area contributed by atoms with Crippen LogP contribution in [0.2, 0.25) is 0 Å². The Morgan fingerprint density at radius 1 is 0.857 bits per heavy atom. The summed E-state index contributed by atoms with van der Waals surface area (Å²) in [5.74, 6) is 0.659. The van der Waals surface area contributed by atoms with Gasteiger partial charge in [0, 0.05) is 0 Å². The molecule has 144 valence electrons. The van der Waals surface area contributed by atoms with Gasteiger partial charge in [-0.05, 0) is 28.8 Å². The molecule has 0 spiro atoms. The lowest BCUT2D eigenvalue weighted by Gasteiger charge is -2.14. The zero-order valence-corrected chi connectivity index (χ0v) is 15.5. The monoisotopic (exact) mass is 377 g/mol. The van der Waals surface area contributed by atoms with Crippen LogP contribution in [0, 0.1) is 0 Å².